The number of hydrogen-bond donors (Lipinski definition) is 1. The molecule has 0 aromatic heterocycles. The first-order chi connectivity index (χ1) is 9.51. The molecule has 1 aliphatic rings. The maximum absolute atomic E-state index is 12.2. The van der Waals surface area contributed by atoms with Crippen molar-refractivity contribution in [1.82, 2.24) is 0 Å². The molecule has 2 rings (SSSR count). The lowest BCUT2D eigenvalue weighted by Gasteiger charge is -2.20. The van der Waals surface area contributed by atoms with Crippen molar-refractivity contribution in [2.45, 2.75) is 25.5 Å². The zero-order valence-corrected chi connectivity index (χ0v) is 12.3. The second-order valence-corrected chi connectivity index (χ2v) is 5.51. The standard InChI is InChI=1S/C13H15Cl2F2NO2/c1-19-6-11(7-2-3-7)18-8-4-9(14)12(10(15)5-8)20-13(16)17/h4-5,7,11,13,18H,2-3,6H2,1H3. The van der Waals surface area contributed by atoms with Gasteiger partial charge in [0.2, 0.25) is 0 Å². The summed E-state index contributed by atoms with van der Waals surface area (Å²) >= 11 is 11.8. The minimum atomic E-state index is -2.96. The molecule has 112 valence electrons. The SMILES string of the molecule is COCC(Nc1cc(Cl)c(OC(F)F)c(Cl)c1)C1CC1. The highest BCUT2D eigenvalue weighted by Gasteiger charge is 2.31. The molecule has 0 saturated heterocycles. The van der Waals surface area contributed by atoms with E-state index in [0.29, 0.717) is 18.2 Å². The Labute approximate surface area is 126 Å². The lowest BCUT2D eigenvalue weighted by Crippen LogP contribution is -2.27. The van der Waals surface area contributed by atoms with Crippen molar-refractivity contribution in [3.8, 4) is 5.75 Å². The van der Waals surface area contributed by atoms with Crippen LogP contribution in [0.2, 0.25) is 10.0 Å². The Morgan fingerprint density at radius 1 is 1.30 bits per heavy atom. The lowest BCUT2D eigenvalue weighted by molar-refractivity contribution is -0.0497. The summed E-state index contributed by atoms with van der Waals surface area (Å²) < 4.78 is 33.9. The number of alkyl halides is 2. The van der Waals surface area contributed by atoms with Crippen molar-refractivity contribution in [3.63, 3.8) is 0 Å². The van der Waals surface area contributed by atoms with Crippen molar-refractivity contribution in [2.75, 3.05) is 19.0 Å². The van der Waals surface area contributed by atoms with Crippen LogP contribution in [0.3, 0.4) is 0 Å². The van der Waals surface area contributed by atoms with E-state index in [2.05, 4.69) is 10.1 Å². The molecule has 1 aromatic rings. The predicted molar refractivity (Wildman–Crippen MR) is 75.1 cm³/mol. The average Bonchev–Trinajstić information content (AvgIpc) is 3.17. The molecule has 0 aliphatic heterocycles. The van der Waals surface area contributed by atoms with Crippen LogP contribution in [-0.2, 0) is 4.74 Å². The summed E-state index contributed by atoms with van der Waals surface area (Å²) in [6.45, 7) is -2.40. The smallest absolute Gasteiger partial charge is 0.387 e. The second-order valence-electron chi connectivity index (χ2n) is 4.69. The third-order valence-electron chi connectivity index (χ3n) is 3.09. The fraction of sp³-hybridized carbons (Fsp3) is 0.538. The van der Waals surface area contributed by atoms with E-state index in [1.54, 1.807) is 7.11 Å². The van der Waals surface area contributed by atoms with E-state index in [4.69, 9.17) is 27.9 Å². The molecule has 7 heteroatoms. The molecule has 0 heterocycles. The highest BCUT2D eigenvalue weighted by molar-refractivity contribution is 6.37. The Kier molecular flexibility index (Phi) is 5.29. The highest BCUT2D eigenvalue weighted by atomic mass is 35.5. The van der Waals surface area contributed by atoms with E-state index in [1.807, 2.05) is 0 Å². The van der Waals surface area contributed by atoms with Gasteiger partial charge in [0.1, 0.15) is 0 Å². The fourth-order valence-electron chi connectivity index (χ4n) is 2.03. The van der Waals surface area contributed by atoms with E-state index in [-0.39, 0.29) is 21.8 Å². The molecule has 0 spiro atoms. The molecule has 1 unspecified atom stereocenters. The van der Waals surface area contributed by atoms with Crippen molar-refractivity contribution in [1.29, 1.82) is 0 Å². The van der Waals surface area contributed by atoms with Crippen LogP contribution in [0.5, 0.6) is 5.75 Å². The summed E-state index contributed by atoms with van der Waals surface area (Å²) in [7, 11) is 1.64. The monoisotopic (exact) mass is 325 g/mol. The van der Waals surface area contributed by atoms with Crippen molar-refractivity contribution >= 4 is 28.9 Å². The Balaban J connectivity index is 2.12. The van der Waals surface area contributed by atoms with Gasteiger partial charge in [-0.05, 0) is 30.9 Å². The summed E-state index contributed by atoms with van der Waals surface area (Å²) in [5.74, 6) is 0.355. The van der Waals surface area contributed by atoms with Crippen LogP contribution < -0.4 is 10.1 Å². The maximum Gasteiger partial charge on any atom is 0.387 e. The zero-order chi connectivity index (χ0) is 14.7. The quantitative estimate of drug-likeness (QED) is 0.804. The molecular weight excluding hydrogens is 311 g/mol. The number of halogens is 4. The average molecular weight is 326 g/mol. The third kappa shape index (κ3) is 4.11. The summed E-state index contributed by atoms with van der Waals surface area (Å²) in [4.78, 5) is 0. The van der Waals surface area contributed by atoms with Crippen molar-refractivity contribution < 1.29 is 18.3 Å². The molecule has 1 aliphatic carbocycles. The normalized spacial score (nSPS) is 16.3. The molecular formula is C13H15Cl2F2NO2. The van der Waals surface area contributed by atoms with Gasteiger partial charge in [-0.15, -0.1) is 0 Å². The van der Waals surface area contributed by atoms with Gasteiger partial charge < -0.3 is 14.8 Å². The first-order valence-corrected chi connectivity index (χ1v) is 6.96. The zero-order valence-electron chi connectivity index (χ0n) is 10.8. The maximum atomic E-state index is 12.2. The first-order valence-electron chi connectivity index (χ1n) is 6.20. The van der Waals surface area contributed by atoms with Gasteiger partial charge in [-0.25, -0.2) is 0 Å². The van der Waals surface area contributed by atoms with Gasteiger partial charge in [0.15, 0.2) is 5.75 Å². The van der Waals surface area contributed by atoms with E-state index < -0.39 is 6.61 Å². The molecule has 1 atom stereocenters. The Morgan fingerprint density at radius 2 is 1.90 bits per heavy atom. The minimum absolute atomic E-state index is 0.0484. The second kappa shape index (κ2) is 6.78. The number of rotatable bonds is 7. The molecule has 1 N–H and O–H groups in total. The van der Waals surface area contributed by atoms with Crippen LogP contribution in [0.25, 0.3) is 0 Å². The van der Waals surface area contributed by atoms with Gasteiger partial charge >= 0.3 is 6.61 Å². The summed E-state index contributed by atoms with van der Waals surface area (Å²) in [6, 6.07) is 3.21. The van der Waals surface area contributed by atoms with Crippen LogP contribution in [0.4, 0.5) is 14.5 Å². The summed E-state index contributed by atoms with van der Waals surface area (Å²) in [5.41, 5.74) is 0.663. The van der Waals surface area contributed by atoms with Gasteiger partial charge in [-0.2, -0.15) is 8.78 Å². The fourth-order valence-corrected chi connectivity index (χ4v) is 2.61. The van der Waals surface area contributed by atoms with Crippen LogP contribution >= 0.6 is 23.2 Å². The summed E-state index contributed by atoms with van der Waals surface area (Å²) in [5, 5.41) is 3.36. The van der Waals surface area contributed by atoms with Crippen LogP contribution in [0.15, 0.2) is 12.1 Å². The molecule has 0 amide bonds. The minimum Gasteiger partial charge on any atom is -0.432 e. The molecule has 1 saturated carbocycles. The Bertz CT molecular complexity index is 447. The van der Waals surface area contributed by atoms with E-state index >= 15 is 0 Å². The van der Waals surface area contributed by atoms with Crippen LogP contribution in [0, 0.1) is 5.92 Å². The van der Waals surface area contributed by atoms with Gasteiger partial charge in [-0.1, -0.05) is 23.2 Å². The van der Waals surface area contributed by atoms with E-state index in [0.717, 1.165) is 12.8 Å². The Hall–Kier alpha value is -0.780. The van der Waals surface area contributed by atoms with Crippen LogP contribution in [-0.4, -0.2) is 26.4 Å². The number of benzene rings is 1. The predicted octanol–water partition coefficient (Wildman–Crippen LogP) is 4.43. The number of anilines is 1. The van der Waals surface area contributed by atoms with Crippen LogP contribution in [0.1, 0.15) is 12.8 Å². The largest absolute Gasteiger partial charge is 0.432 e. The number of methoxy groups -OCH3 is 1. The van der Waals surface area contributed by atoms with Gasteiger partial charge in [-0.3, -0.25) is 0 Å². The molecule has 0 bridgehead atoms. The van der Waals surface area contributed by atoms with E-state index in [9.17, 15) is 8.78 Å². The number of ether oxygens (including phenoxy) is 2. The van der Waals surface area contributed by atoms with Gasteiger partial charge in [0, 0.05) is 12.8 Å². The third-order valence-corrected chi connectivity index (χ3v) is 3.66. The molecule has 1 fully saturated rings. The van der Waals surface area contributed by atoms with Crippen molar-refractivity contribution in [2.24, 2.45) is 5.92 Å². The lowest BCUT2D eigenvalue weighted by atomic mass is 10.2. The van der Waals surface area contributed by atoms with Gasteiger partial charge in [0.05, 0.1) is 22.7 Å². The van der Waals surface area contributed by atoms with Crippen molar-refractivity contribution in [3.05, 3.63) is 22.2 Å². The Morgan fingerprint density at radius 3 is 2.35 bits per heavy atom. The molecule has 0 radical (unpaired) electrons. The number of hydrogen-bond acceptors (Lipinski definition) is 3. The molecule has 1 aromatic carbocycles. The first kappa shape index (κ1) is 15.6. The highest BCUT2D eigenvalue weighted by Crippen LogP contribution is 2.39. The molecule has 3 nitrogen and oxygen atoms in total. The van der Waals surface area contributed by atoms with Gasteiger partial charge in [0.25, 0.3) is 0 Å². The topological polar surface area (TPSA) is 30.5 Å². The van der Waals surface area contributed by atoms with E-state index in [1.165, 1.54) is 12.1 Å². The molecule has 20 heavy (non-hydrogen) atoms. The number of nitrogens with one attached hydrogen (secondary N) is 1. The summed E-state index contributed by atoms with van der Waals surface area (Å²) in [6.07, 6.45) is 2.30.